The molecule has 4 rings (SSSR count). The Labute approximate surface area is 153 Å². The highest BCUT2D eigenvalue weighted by Crippen LogP contribution is 2.54. The zero-order valence-electron chi connectivity index (χ0n) is 15.0. The van der Waals surface area contributed by atoms with Crippen LogP contribution in [0, 0.1) is 12.3 Å². The molecule has 2 aromatic carbocycles. The Hall–Kier alpha value is -2.50. The van der Waals surface area contributed by atoms with Crippen molar-refractivity contribution >= 4 is 0 Å². The molecule has 0 radical (unpaired) electrons. The zero-order valence-corrected chi connectivity index (χ0v) is 15.0. The van der Waals surface area contributed by atoms with Gasteiger partial charge in [0.05, 0.1) is 11.8 Å². The van der Waals surface area contributed by atoms with Crippen LogP contribution < -0.4 is 5.32 Å². The highest BCUT2D eigenvalue weighted by molar-refractivity contribution is 5.41. The molecule has 0 saturated heterocycles. The molecule has 0 bridgehead atoms. The van der Waals surface area contributed by atoms with E-state index in [0.29, 0.717) is 0 Å². The Balaban J connectivity index is 1.37. The van der Waals surface area contributed by atoms with Gasteiger partial charge < -0.3 is 10.4 Å². The molecule has 1 saturated carbocycles. The molecule has 0 aliphatic heterocycles. The number of rotatable bonds is 7. The molecule has 134 valence electrons. The van der Waals surface area contributed by atoms with Gasteiger partial charge in [0, 0.05) is 18.5 Å². The summed E-state index contributed by atoms with van der Waals surface area (Å²) in [7, 11) is 0. The molecule has 5 nitrogen and oxygen atoms in total. The molecule has 0 spiro atoms. The highest BCUT2D eigenvalue weighted by atomic mass is 16.3. The van der Waals surface area contributed by atoms with E-state index in [0.717, 1.165) is 37.2 Å². The quantitative estimate of drug-likeness (QED) is 0.688. The van der Waals surface area contributed by atoms with E-state index in [2.05, 4.69) is 40.5 Å². The lowest BCUT2D eigenvalue weighted by atomic mass is 9.92. The van der Waals surface area contributed by atoms with Gasteiger partial charge in [0.2, 0.25) is 0 Å². The molecule has 3 aromatic rings. The van der Waals surface area contributed by atoms with Crippen LogP contribution in [0.4, 0.5) is 0 Å². The molecule has 1 unspecified atom stereocenters. The van der Waals surface area contributed by atoms with Gasteiger partial charge in [0.25, 0.3) is 0 Å². The van der Waals surface area contributed by atoms with Crippen molar-refractivity contribution in [2.24, 2.45) is 5.41 Å². The van der Waals surface area contributed by atoms with Gasteiger partial charge in [-0.3, -0.25) is 0 Å². The van der Waals surface area contributed by atoms with E-state index in [1.54, 1.807) is 17.3 Å². The molecular weight excluding hydrogens is 324 g/mol. The van der Waals surface area contributed by atoms with Crippen LogP contribution in [0.5, 0.6) is 0 Å². The maximum absolute atomic E-state index is 10.7. The summed E-state index contributed by atoms with van der Waals surface area (Å²) in [5, 5.41) is 18.5. The Morgan fingerprint density at radius 2 is 2.00 bits per heavy atom. The number of aliphatic hydroxyl groups excluding tert-OH is 1. The molecule has 1 aromatic heterocycles. The summed E-state index contributed by atoms with van der Waals surface area (Å²) < 4.78 is 1.78. The monoisotopic (exact) mass is 348 g/mol. The van der Waals surface area contributed by atoms with Crippen LogP contribution >= 0.6 is 0 Å². The number of benzene rings is 2. The summed E-state index contributed by atoms with van der Waals surface area (Å²) >= 11 is 0. The molecular formula is C21H24N4O. The second kappa shape index (κ2) is 7.02. The molecule has 26 heavy (non-hydrogen) atoms. The third-order valence-electron chi connectivity index (χ3n) is 5.32. The summed E-state index contributed by atoms with van der Waals surface area (Å²) in [6.07, 6.45) is 5.00. The van der Waals surface area contributed by atoms with E-state index in [1.165, 1.54) is 11.1 Å². The maximum atomic E-state index is 10.7. The van der Waals surface area contributed by atoms with Gasteiger partial charge in [-0.25, -0.2) is 9.67 Å². The molecule has 5 heteroatoms. The van der Waals surface area contributed by atoms with E-state index in [4.69, 9.17) is 0 Å². The number of hydrogen-bond donors (Lipinski definition) is 2. The van der Waals surface area contributed by atoms with Gasteiger partial charge in [-0.2, -0.15) is 5.10 Å². The number of hydrogen-bond acceptors (Lipinski definition) is 4. The van der Waals surface area contributed by atoms with Crippen molar-refractivity contribution in [2.45, 2.75) is 32.4 Å². The predicted molar refractivity (Wildman–Crippen MR) is 101 cm³/mol. The molecule has 1 aliphatic carbocycles. The fourth-order valence-corrected chi connectivity index (χ4v) is 3.57. The molecule has 1 aliphatic rings. The first-order chi connectivity index (χ1) is 12.7. The topological polar surface area (TPSA) is 63.0 Å². The third-order valence-corrected chi connectivity index (χ3v) is 5.32. The normalized spacial score (nSPS) is 16.4. The lowest BCUT2D eigenvalue weighted by Crippen LogP contribution is -2.28. The van der Waals surface area contributed by atoms with Crippen molar-refractivity contribution in [1.82, 2.24) is 20.1 Å². The maximum Gasteiger partial charge on any atom is 0.138 e. The number of nitrogens with zero attached hydrogens (tertiary/aromatic N) is 3. The van der Waals surface area contributed by atoms with E-state index in [9.17, 15) is 5.11 Å². The Morgan fingerprint density at radius 1 is 1.19 bits per heavy atom. The molecule has 1 fully saturated rings. The van der Waals surface area contributed by atoms with Crippen LogP contribution in [-0.4, -0.2) is 26.4 Å². The van der Waals surface area contributed by atoms with Crippen molar-refractivity contribution < 1.29 is 5.11 Å². The minimum absolute atomic E-state index is 0.0168. The fourth-order valence-electron chi connectivity index (χ4n) is 3.57. The summed E-state index contributed by atoms with van der Waals surface area (Å²) in [6.45, 7) is 3.71. The Kier molecular flexibility index (Phi) is 4.57. The summed E-state index contributed by atoms with van der Waals surface area (Å²) in [4.78, 5) is 4.00. The van der Waals surface area contributed by atoms with E-state index < -0.39 is 6.10 Å². The van der Waals surface area contributed by atoms with E-state index >= 15 is 0 Å². The molecule has 1 heterocycles. The number of aromatic nitrogens is 3. The number of nitrogens with one attached hydrogen (secondary N) is 1. The standard InChI is InChI=1S/C21H24N4O/c1-16-11-17(7-8-19(16)25-15-23-14-24-25)12-22-13-21(9-10-21)20(26)18-5-3-2-4-6-18/h2-8,11,14-15,20,22,26H,9-10,12-13H2,1H3. The highest BCUT2D eigenvalue weighted by Gasteiger charge is 2.48. The van der Waals surface area contributed by atoms with Gasteiger partial charge in [-0.1, -0.05) is 42.5 Å². The van der Waals surface area contributed by atoms with E-state index in [-0.39, 0.29) is 5.41 Å². The van der Waals surface area contributed by atoms with Gasteiger partial charge in [-0.15, -0.1) is 0 Å². The van der Waals surface area contributed by atoms with Gasteiger partial charge in [0.1, 0.15) is 12.7 Å². The predicted octanol–water partition coefficient (Wildman–Crippen LogP) is 3.18. The Morgan fingerprint density at radius 3 is 2.65 bits per heavy atom. The van der Waals surface area contributed by atoms with Crippen LogP contribution in [0.25, 0.3) is 5.69 Å². The number of aliphatic hydroxyl groups is 1. The third kappa shape index (κ3) is 3.41. The van der Waals surface area contributed by atoms with Crippen molar-refractivity contribution in [3.8, 4) is 5.69 Å². The van der Waals surface area contributed by atoms with Gasteiger partial charge in [0.15, 0.2) is 0 Å². The average molecular weight is 348 g/mol. The lowest BCUT2D eigenvalue weighted by molar-refractivity contribution is 0.0917. The zero-order chi connectivity index (χ0) is 18.0. The van der Waals surface area contributed by atoms with Crippen LogP contribution in [0.3, 0.4) is 0 Å². The smallest absolute Gasteiger partial charge is 0.138 e. The first kappa shape index (κ1) is 16.9. The first-order valence-electron chi connectivity index (χ1n) is 9.06. The van der Waals surface area contributed by atoms with Crippen molar-refractivity contribution in [3.05, 3.63) is 77.9 Å². The van der Waals surface area contributed by atoms with Crippen molar-refractivity contribution in [1.29, 1.82) is 0 Å². The first-order valence-corrected chi connectivity index (χ1v) is 9.06. The van der Waals surface area contributed by atoms with Crippen LogP contribution in [0.2, 0.25) is 0 Å². The van der Waals surface area contributed by atoms with Crippen molar-refractivity contribution in [2.75, 3.05) is 6.54 Å². The minimum atomic E-state index is -0.396. The van der Waals surface area contributed by atoms with Crippen molar-refractivity contribution in [3.63, 3.8) is 0 Å². The van der Waals surface area contributed by atoms with Crippen LogP contribution in [0.1, 0.15) is 35.6 Å². The van der Waals surface area contributed by atoms with Gasteiger partial charge >= 0.3 is 0 Å². The lowest BCUT2D eigenvalue weighted by Gasteiger charge is -2.23. The summed E-state index contributed by atoms with van der Waals surface area (Å²) in [5.41, 5.74) is 4.44. The second-order valence-electron chi connectivity index (χ2n) is 7.24. The fraction of sp³-hybridized carbons (Fsp3) is 0.333. The average Bonchev–Trinajstić information content (AvgIpc) is 3.25. The molecule has 1 atom stereocenters. The molecule has 2 N–H and O–H groups in total. The SMILES string of the molecule is Cc1cc(CNCC2(C(O)c3ccccc3)CC2)ccc1-n1cncn1. The summed E-state index contributed by atoms with van der Waals surface area (Å²) in [5.74, 6) is 0. The van der Waals surface area contributed by atoms with Crippen LogP contribution in [-0.2, 0) is 6.54 Å². The number of aryl methyl sites for hydroxylation is 1. The summed E-state index contributed by atoms with van der Waals surface area (Å²) in [6, 6.07) is 16.4. The minimum Gasteiger partial charge on any atom is -0.388 e. The Bertz CT molecular complexity index is 857. The van der Waals surface area contributed by atoms with E-state index in [1.807, 2.05) is 30.3 Å². The van der Waals surface area contributed by atoms with Crippen LogP contribution in [0.15, 0.2) is 61.2 Å². The van der Waals surface area contributed by atoms with Gasteiger partial charge in [-0.05, 0) is 42.5 Å². The largest absolute Gasteiger partial charge is 0.388 e. The molecule has 0 amide bonds. The second-order valence-corrected chi connectivity index (χ2v) is 7.24.